The molecule has 0 radical (unpaired) electrons. The maximum Gasteiger partial charge on any atom is 0.191 e. The van der Waals surface area contributed by atoms with Gasteiger partial charge in [0.15, 0.2) is 5.78 Å². The first-order valence-corrected chi connectivity index (χ1v) is 13.7. The van der Waals surface area contributed by atoms with Gasteiger partial charge < -0.3 is 15.9 Å². The summed E-state index contributed by atoms with van der Waals surface area (Å²) in [6.45, 7) is 2.91. The zero-order valence-electron chi connectivity index (χ0n) is 21.1. The molecule has 208 valence electrons. The molecule has 4 nitrogen and oxygen atoms in total. The van der Waals surface area contributed by atoms with Gasteiger partial charge in [0, 0.05) is 29.3 Å². The van der Waals surface area contributed by atoms with Crippen LogP contribution in [0.3, 0.4) is 0 Å². The number of carbonyl (C=O) groups is 1. The van der Waals surface area contributed by atoms with Crippen molar-refractivity contribution in [3.8, 4) is 0 Å². The fourth-order valence-electron chi connectivity index (χ4n) is 7.32. The van der Waals surface area contributed by atoms with Gasteiger partial charge >= 0.3 is 0 Å². The number of hydrogen-bond donors (Lipinski definition) is 2. The van der Waals surface area contributed by atoms with Gasteiger partial charge in [0.2, 0.25) is 0 Å². The van der Waals surface area contributed by atoms with Gasteiger partial charge in [-0.3, -0.25) is 4.79 Å². The van der Waals surface area contributed by atoms with Crippen LogP contribution >= 0.6 is 0 Å². The molecule has 2 unspecified atom stereocenters. The molecule has 0 bridgehead atoms. The summed E-state index contributed by atoms with van der Waals surface area (Å²) in [6, 6.07) is 5.32. The Morgan fingerprint density at radius 3 is 2.49 bits per heavy atom. The Morgan fingerprint density at radius 2 is 1.81 bits per heavy atom. The van der Waals surface area contributed by atoms with E-state index in [0.717, 1.165) is 79.8 Å². The molecule has 0 saturated heterocycles. The summed E-state index contributed by atoms with van der Waals surface area (Å²) >= 11 is 0. The Morgan fingerprint density at radius 1 is 1.11 bits per heavy atom. The van der Waals surface area contributed by atoms with Crippen LogP contribution in [0.1, 0.15) is 110 Å². The second kappa shape index (κ2) is 13.7. The zero-order chi connectivity index (χ0) is 23.7. The van der Waals surface area contributed by atoms with Crippen molar-refractivity contribution in [3.63, 3.8) is 0 Å². The lowest BCUT2D eigenvalue weighted by molar-refractivity contribution is -0.125. The Balaban J connectivity index is 0.00000160. The van der Waals surface area contributed by atoms with Crippen LogP contribution in [0.5, 0.6) is 0 Å². The topological polar surface area (TPSA) is 80.8 Å². The minimum atomic E-state index is -0.827. The number of Topliss-reactive ketones (excluding diaryl/α,β-unsaturated/α-hetero) is 1. The highest BCUT2D eigenvalue weighted by Gasteiger charge is 2.42. The highest BCUT2D eigenvalue weighted by atomic mass is 19.1. The molecule has 4 N–H and O–H groups in total. The minimum Gasteiger partial charge on any atom is -0.412 e. The van der Waals surface area contributed by atoms with Crippen LogP contribution in [-0.4, -0.2) is 29.0 Å². The molecule has 37 heavy (non-hydrogen) atoms. The number of aliphatic hydroxyl groups excluding tert-OH is 1. The van der Waals surface area contributed by atoms with Crippen molar-refractivity contribution < 1.29 is 19.8 Å². The van der Waals surface area contributed by atoms with Gasteiger partial charge in [0.05, 0.1) is 0 Å². The summed E-state index contributed by atoms with van der Waals surface area (Å²) in [5, 5.41) is 13.7. The third kappa shape index (κ3) is 6.37. The van der Waals surface area contributed by atoms with Crippen LogP contribution in [0.2, 0.25) is 0 Å². The first kappa shape index (κ1) is 31.2. The average molecular weight is 516 g/mol. The van der Waals surface area contributed by atoms with E-state index in [1.54, 1.807) is 12.1 Å². The van der Waals surface area contributed by atoms with Crippen LogP contribution in [-0.2, 0) is 4.79 Å². The van der Waals surface area contributed by atoms with E-state index in [0.29, 0.717) is 11.8 Å². The summed E-state index contributed by atoms with van der Waals surface area (Å²) < 4.78 is 14.5. The van der Waals surface area contributed by atoms with Gasteiger partial charge in [-0.1, -0.05) is 64.7 Å². The number of rotatable bonds is 8. The SMILES string of the molecule is C.C.C/C=C(\CC1CNc2cccc(F)c21)C1CCC(C2=C(CCCC3CCCC3)C(O)C2=O)CC1.O. The van der Waals surface area contributed by atoms with Gasteiger partial charge in [-0.2, -0.15) is 0 Å². The second-order valence-electron chi connectivity index (χ2n) is 11.1. The van der Waals surface area contributed by atoms with Crippen LogP contribution in [0.25, 0.3) is 0 Å². The lowest BCUT2D eigenvalue weighted by Gasteiger charge is -2.38. The Kier molecular flexibility index (Phi) is 11.6. The largest absolute Gasteiger partial charge is 0.412 e. The molecule has 0 spiro atoms. The van der Waals surface area contributed by atoms with E-state index >= 15 is 0 Å². The van der Waals surface area contributed by atoms with Gasteiger partial charge in [-0.05, 0) is 87.3 Å². The number of hydrogen-bond acceptors (Lipinski definition) is 3. The monoisotopic (exact) mass is 515 g/mol. The van der Waals surface area contributed by atoms with E-state index in [-0.39, 0.29) is 37.8 Å². The Bertz CT molecular complexity index is 970. The van der Waals surface area contributed by atoms with Crippen LogP contribution in [0.15, 0.2) is 41.0 Å². The Labute approximate surface area is 224 Å². The van der Waals surface area contributed by atoms with E-state index < -0.39 is 6.10 Å². The predicted octanol–water partition coefficient (Wildman–Crippen LogP) is 7.53. The molecule has 2 saturated carbocycles. The van der Waals surface area contributed by atoms with Crippen LogP contribution < -0.4 is 5.32 Å². The molecule has 1 heterocycles. The maximum absolute atomic E-state index is 14.5. The molecule has 1 aromatic carbocycles. The fraction of sp³-hybridized carbons (Fsp3) is 0.656. The molecule has 1 aromatic rings. The number of ketones is 1. The number of anilines is 1. The summed E-state index contributed by atoms with van der Waals surface area (Å²) in [5.74, 6) is 1.79. The fourth-order valence-corrected chi connectivity index (χ4v) is 7.32. The highest BCUT2D eigenvalue weighted by molar-refractivity contribution is 6.09. The van der Waals surface area contributed by atoms with Crippen LogP contribution in [0.4, 0.5) is 10.1 Å². The third-order valence-electron chi connectivity index (χ3n) is 9.24. The van der Waals surface area contributed by atoms with Gasteiger partial charge in [0.25, 0.3) is 0 Å². The highest BCUT2D eigenvalue weighted by Crippen LogP contribution is 2.46. The third-order valence-corrected chi connectivity index (χ3v) is 9.24. The molecule has 3 aliphatic carbocycles. The lowest BCUT2D eigenvalue weighted by atomic mass is 9.67. The number of benzene rings is 1. The van der Waals surface area contributed by atoms with Crippen molar-refractivity contribution in [2.45, 2.75) is 111 Å². The average Bonchev–Trinajstić information content (AvgIpc) is 3.53. The lowest BCUT2D eigenvalue weighted by Crippen LogP contribution is -2.40. The molecule has 0 amide bonds. The molecule has 2 fully saturated rings. The Hall–Kier alpha value is -1.98. The van der Waals surface area contributed by atoms with E-state index in [1.165, 1.54) is 37.7 Å². The number of nitrogens with one attached hydrogen (secondary N) is 1. The summed E-state index contributed by atoms with van der Waals surface area (Å²) in [6.07, 6.45) is 15.2. The van der Waals surface area contributed by atoms with Gasteiger partial charge in [-0.15, -0.1) is 0 Å². The number of fused-ring (bicyclic) bond motifs is 1. The van der Waals surface area contributed by atoms with E-state index in [4.69, 9.17) is 0 Å². The predicted molar refractivity (Wildman–Crippen MR) is 152 cm³/mol. The maximum atomic E-state index is 14.5. The standard InChI is InChI=1S/C30H40FNO2.2CH4.H2O/c1-2-20(17-23-18-32-26-12-6-11-25(31)28(23)26)21-13-15-22(16-14-21)27-24(29(33)30(27)34)10-5-9-19-7-3-4-8-19;;;/h2,6,11-12,19,21-23,29,32-33H,3-5,7-10,13-18H2,1H3;2*1H4;1H2/b20-2+;;;. The number of allylic oxidation sites excluding steroid dienone is 2. The molecular formula is C32H50FNO3. The van der Waals surface area contributed by atoms with Gasteiger partial charge in [-0.25, -0.2) is 4.39 Å². The first-order chi connectivity index (χ1) is 16.6. The molecular weight excluding hydrogens is 465 g/mol. The molecule has 5 rings (SSSR count). The van der Waals surface area contributed by atoms with Crippen molar-refractivity contribution in [1.29, 1.82) is 0 Å². The first-order valence-electron chi connectivity index (χ1n) is 13.7. The normalized spacial score (nSPS) is 27.4. The zero-order valence-corrected chi connectivity index (χ0v) is 21.1. The second-order valence-corrected chi connectivity index (χ2v) is 11.1. The molecule has 5 heteroatoms. The van der Waals surface area contributed by atoms with Crippen LogP contribution in [0, 0.1) is 23.6 Å². The van der Waals surface area contributed by atoms with Crippen molar-refractivity contribution >= 4 is 11.5 Å². The number of aliphatic hydroxyl groups is 1. The smallest absolute Gasteiger partial charge is 0.191 e. The molecule has 2 atom stereocenters. The van der Waals surface area contributed by atoms with E-state index in [9.17, 15) is 14.3 Å². The summed E-state index contributed by atoms with van der Waals surface area (Å²) in [4.78, 5) is 12.6. The van der Waals surface area contributed by atoms with Crippen molar-refractivity contribution in [2.75, 3.05) is 11.9 Å². The summed E-state index contributed by atoms with van der Waals surface area (Å²) in [7, 11) is 0. The van der Waals surface area contributed by atoms with Crippen molar-refractivity contribution in [1.82, 2.24) is 0 Å². The van der Waals surface area contributed by atoms with Crippen molar-refractivity contribution in [2.24, 2.45) is 17.8 Å². The number of halogens is 1. The summed E-state index contributed by atoms with van der Waals surface area (Å²) in [5.41, 5.74) is 5.26. The number of carbonyl (C=O) groups excluding carboxylic acids is 1. The molecule has 0 aromatic heterocycles. The van der Waals surface area contributed by atoms with E-state index in [2.05, 4.69) is 18.3 Å². The molecule has 4 aliphatic rings. The quantitative estimate of drug-likeness (QED) is 0.351. The minimum absolute atomic E-state index is 0. The van der Waals surface area contributed by atoms with E-state index in [1.807, 2.05) is 6.07 Å². The molecule has 1 aliphatic heterocycles. The van der Waals surface area contributed by atoms with Gasteiger partial charge in [0.1, 0.15) is 11.9 Å². The van der Waals surface area contributed by atoms with Crippen molar-refractivity contribution in [3.05, 3.63) is 52.4 Å².